The molecule has 0 unspecified atom stereocenters. The van der Waals surface area contributed by atoms with Gasteiger partial charge in [0.1, 0.15) is 11.4 Å². The van der Waals surface area contributed by atoms with Crippen LogP contribution in [0.1, 0.15) is 16.1 Å². The Morgan fingerprint density at radius 1 is 1.18 bits per heavy atom. The Balaban J connectivity index is 1.76. The molecule has 1 amide bonds. The number of amides is 1. The molecular formula is C22H20N4O2. The largest absolute Gasteiger partial charge is 0.496 e. The van der Waals surface area contributed by atoms with Gasteiger partial charge in [-0.3, -0.25) is 9.78 Å². The number of carbonyl (C=O) groups is 1. The van der Waals surface area contributed by atoms with Crippen molar-refractivity contribution in [2.24, 2.45) is 7.05 Å². The first-order valence-electron chi connectivity index (χ1n) is 8.94. The van der Waals surface area contributed by atoms with E-state index in [0.717, 1.165) is 22.0 Å². The van der Waals surface area contributed by atoms with Crippen LogP contribution in [-0.2, 0) is 13.6 Å². The van der Waals surface area contributed by atoms with Crippen molar-refractivity contribution in [2.45, 2.75) is 6.54 Å². The second kappa shape index (κ2) is 7.52. The summed E-state index contributed by atoms with van der Waals surface area (Å²) in [6, 6.07) is 15.3. The number of benzene rings is 1. The summed E-state index contributed by atoms with van der Waals surface area (Å²) in [6.45, 7) is 0.390. The minimum atomic E-state index is -0.225. The number of nitrogens with zero attached hydrogens (tertiary/aromatic N) is 3. The quantitative estimate of drug-likeness (QED) is 0.581. The van der Waals surface area contributed by atoms with Crippen molar-refractivity contribution in [3.63, 3.8) is 0 Å². The number of hydrogen-bond acceptors (Lipinski definition) is 4. The maximum absolute atomic E-state index is 12.9. The molecule has 4 rings (SSSR count). The lowest BCUT2D eigenvalue weighted by Gasteiger charge is -2.11. The molecule has 0 fully saturated rings. The first-order valence-corrected chi connectivity index (χ1v) is 8.94. The van der Waals surface area contributed by atoms with Crippen LogP contribution in [0.5, 0.6) is 5.75 Å². The van der Waals surface area contributed by atoms with E-state index in [1.165, 1.54) is 0 Å². The number of nitrogens with one attached hydrogen (secondary N) is 1. The first kappa shape index (κ1) is 17.7. The fourth-order valence-corrected chi connectivity index (χ4v) is 3.20. The van der Waals surface area contributed by atoms with Crippen LogP contribution < -0.4 is 10.1 Å². The van der Waals surface area contributed by atoms with Gasteiger partial charge >= 0.3 is 0 Å². The fraction of sp³-hybridized carbons (Fsp3) is 0.136. The van der Waals surface area contributed by atoms with E-state index in [9.17, 15) is 4.79 Å². The number of para-hydroxylation sites is 1. The van der Waals surface area contributed by atoms with E-state index >= 15 is 0 Å². The SMILES string of the molecule is COc1ccccc1-c1cc2c(ccn2C)c(C(=O)NCc2cccnc2)n1. The fourth-order valence-electron chi connectivity index (χ4n) is 3.20. The molecule has 6 heteroatoms. The predicted octanol–water partition coefficient (Wildman–Crippen LogP) is 3.57. The molecule has 1 aromatic carbocycles. The highest BCUT2D eigenvalue weighted by molar-refractivity contribution is 6.05. The zero-order chi connectivity index (χ0) is 19.5. The van der Waals surface area contributed by atoms with Gasteiger partial charge in [-0.1, -0.05) is 18.2 Å². The number of hydrogen-bond donors (Lipinski definition) is 1. The lowest BCUT2D eigenvalue weighted by atomic mass is 10.1. The Hall–Kier alpha value is -3.67. The molecule has 3 heterocycles. The molecule has 0 radical (unpaired) electrons. The lowest BCUT2D eigenvalue weighted by molar-refractivity contribution is 0.0948. The molecule has 28 heavy (non-hydrogen) atoms. The lowest BCUT2D eigenvalue weighted by Crippen LogP contribution is -2.24. The maximum atomic E-state index is 12.9. The van der Waals surface area contributed by atoms with Crippen LogP contribution in [0, 0.1) is 0 Å². The molecule has 0 aliphatic carbocycles. The Morgan fingerprint density at radius 3 is 2.82 bits per heavy atom. The van der Waals surface area contributed by atoms with Crippen LogP contribution in [0.15, 0.2) is 67.1 Å². The number of rotatable bonds is 5. The van der Waals surface area contributed by atoms with Crippen LogP contribution in [0.3, 0.4) is 0 Å². The number of fused-ring (bicyclic) bond motifs is 1. The van der Waals surface area contributed by atoms with Crippen LogP contribution in [0.4, 0.5) is 0 Å². The van der Waals surface area contributed by atoms with Gasteiger partial charge in [-0.25, -0.2) is 4.98 Å². The Morgan fingerprint density at radius 2 is 2.04 bits per heavy atom. The van der Waals surface area contributed by atoms with E-state index < -0.39 is 0 Å². The van der Waals surface area contributed by atoms with E-state index in [4.69, 9.17) is 4.74 Å². The summed E-state index contributed by atoms with van der Waals surface area (Å²) >= 11 is 0. The monoisotopic (exact) mass is 372 g/mol. The summed E-state index contributed by atoms with van der Waals surface area (Å²) in [5, 5.41) is 3.75. The summed E-state index contributed by atoms with van der Waals surface area (Å²) in [5.41, 5.74) is 3.79. The first-order chi connectivity index (χ1) is 13.7. The summed E-state index contributed by atoms with van der Waals surface area (Å²) in [4.78, 5) is 21.7. The number of ether oxygens (including phenoxy) is 1. The van der Waals surface area contributed by atoms with Gasteiger partial charge in [-0.2, -0.15) is 0 Å². The minimum Gasteiger partial charge on any atom is -0.496 e. The standard InChI is InChI=1S/C22H20N4O2/c1-26-11-9-17-19(26)12-18(16-7-3-4-8-20(16)28-2)25-21(17)22(27)24-14-15-6-5-10-23-13-15/h3-13H,14H2,1-2H3,(H,24,27). The van der Waals surface area contributed by atoms with Crippen LogP contribution in [0.25, 0.3) is 22.2 Å². The molecule has 1 N–H and O–H groups in total. The second-order valence-corrected chi connectivity index (χ2v) is 6.46. The molecule has 3 aromatic heterocycles. The van der Waals surface area contributed by atoms with Crippen molar-refractivity contribution in [3.05, 3.63) is 78.4 Å². The van der Waals surface area contributed by atoms with Gasteiger partial charge < -0.3 is 14.6 Å². The molecule has 6 nitrogen and oxygen atoms in total. The Labute approximate surface area is 162 Å². The normalized spacial score (nSPS) is 10.8. The molecule has 0 aliphatic heterocycles. The van der Waals surface area contributed by atoms with Crippen molar-refractivity contribution >= 4 is 16.8 Å². The van der Waals surface area contributed by atoms with E-state index in [2.05, 4.69) is 15.3 Å². The van der Waals surface area contributed by atoms with Crippen LogP contribution in [0.2, 0.25) is 0 Å². The molecule has 4 aromatic rings. The number of carbonyl (C=O) groups excluding carboxylic acids is 1. The number of methoxy groups -OCH3 is 1. The summed E-state index contributed by atoms with van der Waals surface area (Å²) in [5.74, 6) is 0.488. The van der Waals surface area contributed by atoms with Gasteiger partial charge in [0.05, 0.1) is 18.3 Å². The zero-order valence-electron chi connectivity index (χ0n) is 15.7. The Bertz CT molecular complexity index is 1140. The van der Waals surface area contributed by atoms with Crippen molar-refractivity contribution in [1.29, 1.82) is 0 Å². The number of aromatic nitrogens is 3. The second-order valence-electron chi connectivity index (χ2n) is 6.46. The van der Waals surface area contributed by atoms with Gasteiger partial charge in [0.25, 0.3) is 5.91 Å². The highest BCUT2D eigenvalue weighted by Gasteiger charge is 2.17. The molecular weight excluding hydrogens is 352 g/mol. The maximum Gasteiger partial charge on any atom is 0.270 e. The third kappa shape index (κ3) is 3.32. The van der Waals surface area contributed by atoms with Gasteiger partial charge in [-0.05, 0) is 35.9 Å². The molecule has 0 saturated heterocycles. The smallest absolute Gasteiger partial charge is 0.270 e. The molecule has 0 bridgehead atoms. The number of aryl methyl sites for hydroxylation is 1. The summed E-state index contributed by atoms with van der Waals surface area (Å²) in [6.07, 6.45) is 5.37. The van der Waals surface area contributed by atoms with Crippen LogP contribution in [-0.4, -0.2) is 27.6 Å². The molecule has 0 aliphatic rings. The van der Waals surface area contributed by atoms with E-state index in [1.807, 2.05) is 66.3 Å². The molecule has 0 spiro atoms. The van der Waals surface area contributed by atoms with Crippen molar-refractivity contribution in [3.8, 4) is 17.0 Å². The van der Waals surface area contributed by atoms with Crippen molar-refractivity contribution < 1.29 is 9.53 Å². The molecule has 0 saturated carbocycles. The van der Waals surface area contributed by atoms with Crippen LogP contribution >= 0.6 is 0 Å². The average Bonchev–Trinajstić information content (AvgIpc) is 3.13. The predicted molar refractivity (Wildman–Crippen MR) is 108 cm³/mol. The molecule has 140 valence electrons. The van der Waals surface area contributed by atoms with Crippen molar-refractivity contribution in [1.82, 2.24) is 19.9 Å². The van der Waals surface area contributed by atoms with E-state index in [0.29, 0.717) is 23.7 Å². The average molecular weight is 372 g/mol. The number of pyridine rings is 2. The highest BCUT2D eigenvalue weighted by Crippen LogP contribution is 2.31. The van der Waals surface area contributed by atoms with Gasteiger partial charge in [0.15, 0.2) is 0 Å². The van der Waals surface area contributed by atoms with Gasteiger partial charge in [0, 0.05) is 43.1 Å². The van der Waals surface area contributed by atoms with Gasteiger partial charge in [0.2, 0.25) is 0 Å². The van der Waals surface area contributed by atoms with E-state index in [1.54, 1.807) is 19.5 Å². The van der Waals surface area contributed by atoms with Crippen molar-refractivity contribution in [2.75, 3.05) is 7.11 Å². The third-order valence-corrected chi connectivity index (χ3v) is 4.66. The van der Waals surface area contributed by atoms with Gasteiger partial charge in [-0.15, -0.1) is 0 Å². The topological polar surface area (TPSA) is 69.0 Å². The minimum absolute atomic E-state index is 0.225. The summed E-state index contributed by atoms with van der Waals surface area (Å²) in [7, 11) is 3.58. The van der Waals surface area contributed by atoms with E-state index in [-0.39, 0.29) is 5.91 Å². The highest BCUT2D eigenvalue weighted by atomic mass is 16.5. The summed E-state index contributed by atoms with van der Waals surface area (Å²) < 4.78 is 7.45. The third-order valence-electron chi connectivity index (χ3n) is 4.66. The molecule has 0 atom stereocenters. The Kier molecular flexibility index (Phi) is 4.76. The zero-order valence-corrected chi connectivity index (χ0v) is 15.7.